The molecule has 1 aromatic heterocycles. The fourth-order valence-corrected chi connectivity index (χ4v) is 4.88. The Kier molecular flexibility index (Phi) is 8.54. The third-order valence-corrected chi connectivity index (χ3v) is 7.09. The number of carbonyl (C=O) groups excluding carboxylic acids is 2. The molecule has 214 valence electrons. The lowest BCUT2D eigenvalue weighted by atomic mass is 10.1. The number of nitrogens with one attached hydrogen (secondary N) is 1. The molecule has 1 saturated heterocycles. The van der Waals surface area contributed by atoms with Gasteiger partial charge in [0.25, 0.3) is 11.6 Å². The third kappa shape index (κ3) is 6.45. The van der Waals surface area contributed by atoms with Crippen LogP contribution < -0.4 is 15.0 Å². The number of halogens is 1. The molecule has 1 N–H and O–H groups in total. The Hall–Kier alpha value is -5.09. The molecule has 2 heterocycles. The van der Waals surface area contributed by atoms with Crippen LogP contribution in [0.2, 0.25) is 5.02 Å². The van der Waals surface area contributed by atoms with Crippen LogP contribution in [0.5, 0.6) is 5.75 Å². The smallest absolute Gasteiger partial charge is 0.280 e. The molecule has 0 radical (unpaired) electrons. The molecule has 42 heavy (non-hydrogen) atoms. The number of furan rings is 1. The minimum absolute atomic E-state index is 0.0582. The number of para-hydroxylation sites is 1. The summed E-state index contributed by atoms with van der Waals surface area (Å²) in [6.45, 7) is 2.40. The zero-order valence-electron chi connectivity index (χ0n) is 22.7. The predicted octanol–water partition coefficient (Wildman–Crippen LogP) is 6.13. The van der Waals surface area contributed by atoms with Gasteiger partial charge in [0, 0.05) is 54.7 Å². The summed E-state index contributed by atoms with van der Waals surface area (Å²) in [6, 6.07) is 22.0. The second kappa shape index (κ2) is 12.6. The van der Waals surface area contributed by atoms with Crippen molar-refractivity contribution in [3.8, 4) is 17.1 Å². The molecule has 1 aliphatic heterocycles. The van der Waals surface area contributed by atoms with Gasteiger partial charge >= 0.3 is 0 Å². The minimum Gasteiger partial charge on any atom is -0.496 e. The maximum atomic E-state index is 13.1. The van der Waals surface area contributed by atoms with E-state index in [-0.39, 0.29) is 17.5 Å². The standard InChI is InChI=1S/C31H27ClN4O6/c1-41-28-13-6-21(32)20-26(28)31(38)35-18-16-34(17-19-35)23-9-7-22(8-10-23)33-30(37)15-12-24-11-14-29(42-24)25-4-2-3-5-27(25)36(39)40/h2-15,20H,16-19H2,1H3,(H,33,37)/b15-12+. The molecule has 1 aliphatic rings. The predicted molar refractivity (Wildman–Crippen MR) is 161 cm³/mol. The summed E-state index contributed by atoms with van der Waals surface area (Å²) < 4.78 is 11.0. The minimum atomic E-state index is -0.465. The first-order valence-electron chi connectivity index (χ1n) is 13.1. The van der Waals surface area contributed by atoms with Gasteiger partial charge in [-0.1, -0.05) is 23.7 Å². The number of carbonyl (C=O) groups is 2. The van der Waals surface area contributed by atoms with Crippen LogP contribution in [-0.2, 0) is 4.79 Å². The summed E-state index contributed by atoms with van der Waals surface area (Å²) in [7, 11) is 1.53. The Morgan fingerprint density at radius 2 is 1.74 bits per heavy atom. The number of ether oxygens (including phenoxy) is 1. The first-order chi connectivity index (χ1) is 20.3. The van der Waals surface area contributed by atoms with Gasteiger partial charge < -0.3 is 24.3 Å². The number of rotatable bonds is 8. The van der Waals surface area contributed by atoms with Crippen LogP contribution in [0.15, 0.2) is 89.4 Å². The zero-order valence-corrected chi connectivity index (χ0v) is 23.4. The molecule has 0 atom stereocenters. The van der Waals surface area contributed by atoms with E-state index in [0.717, 1.165) is 5.69 Å². The molecular weight excluding hydrogens is 560 g/mol. The van der Waals surface area contributed by atoms with E-state index in [0.29, 0.717) is 65.3 Å². The first kappa shape index (κ1) is 28.4. The summed E-state index contributed by atoms with van der Waals surface area (Å²) in [5.74, 6) is 0.751. The Morgan fingerprint density at radius 1 is 1.00 bits per heavy atom. The van der Waals surface area contributed by atoms with Crippen LogP contribution >= 0.6 is 11.6 Å². The van der Waals surface area contributed by atoms with E-state index in [4.69, 9.17) is 20.8 Å². The summed E-state index contributed by atoms with van der Waals surface area (Å²) in [5, 5.41) is 14.6. The Labute approximate surface area is 246 Å². The van der Waals surface area contributed by atoms with Gasteiger partial charge in [-0.15, -0.1) is 0 Å². The molecule has 11 heteroatoms. The SMILES string of the molecule is COc1ccc(Cl)cc1C(=O)N1CCN(c2ccc(NC(=O)/C=C/c3ccc(-c4ccccc4[N+](=O)[O-])o3)cc2)CC1. The number of hydrogen-bond donors (Lipinski definition) is 1. The number of nitro benzene ring substituents is 1. The summed E-state index contributed by atoms with van der Waals surface area (Å²) in [5.41, 5.74) is 2.35. The lowest BCUT2D eigenvalue weighted by Crippen LogP contribution is -2.48. The van der Waals surface area contributed by atoms with E-state index < -0.39 is 4.92 Å². The van der Waals surface area contributed by atoms with Crippen molar-refractivity contribution in [2.24, 2.45) is 0 Å². The largest absolute Gasteiger partial charge is 0.496 e. The van der Waals surface area contributed by atoms with Crippen LogP contribution in [-0.4, -0.2) is 54.9 Å². The van der Waals surface area contributed by atoms with Crippen LogP contribution in [0.3, 0.4) is 0 Å². The van der Waals surface area contributed by atoms with Crippen molar-refractivity contribution >= 4 is 46.6 Å². The van der Waals surface area contributed by atoms with Crippen molar-refractivity contribution in [2.75, 3.05) is 43.5 Å². The highest BCUT2D eigenvalue weighted by Crippen LogP contribution is 2.31. The van der Waals surface area contributed by atoms with E-state index >= 15 is 0 Å². The molecule has 2 amide bonds. The second-order valence-corrected chi connectivity index (χ2v) is 9.91. The number of methoxy groups -OCH3 is 1. The van der Waals surface area contributed by atoms with Gasteiger partial charge in [-0.05, 0) is 66.7 Å². The Bertz CT molecular complexity index is 1640. The maximum Gasteiger partial charge on any atom is 0.280 e. The second-order valence-electron chi connectivity index (χ2n) is 9.47. The van der Waals surface area contributed by atoms with Crippen molar-refractivity contribution in [2.45, 2.75) is 0 Å². The number of nitrogens with zero attached hydrogens (tertiary/aromatic N) is 3. The molecule has 3 aromatic carbocycles. The van der Waals surface area contributed by atoms with Crippen LogP contribution in [0, 0.1) is 10.1 Å². The zero-order chi connectivity index (χ0) is 29.6. The van der Waals surface area contributed by atoms with Gasteiger partial charge in [0.05, 0.1) is 23.2 Å². The Morgan fingerprint density at radius 3 is 2.45 bits per heavy atom. The molecular formula is C31H27ClN4O6. The number of nitro groups is 1. The van der Waals surface area contributed by atoms with E-state index in [1.54, 1.807) is 53.4 Å². The lowest BCUT2D eigenvalue weighted by Gasteiger charge is -2.36. The summed E-state index contributed by atoms with van der Waals surface area (Å²) in [4.78, 5) is 40.3. The molecule has 0 spiro atoms. The van der Waals surface area contributed by atoms with Crippen molar-refractivity contribution in [1.29, 1.82) is 0 Å². The highest BCUT2D eigenvalue weighted by molar-refractivity contribution is 6.31. The normalized spacial score (nSPS) is 13.3. The molecule has 0 unspecified atom stereocenters. The fraction of sp³-hybridized carbons (Fsp3) is 0.161. The van der Waals surface area contributed by atoms with Gasteiger partial charge in [-0.25, -0.2) is 0 Å². The molecule has 0 saturated carbocycles. The van der Waals surface area contributed by atoms with Crippen LogP contribution in [0.4, 0.5) is 17.1 Å². The molecule has 1 fully saturated rings. The van der Waals surface area contributed by atoms with Crippen molar-refractivity contribution in [3.05, 3.63) is 111 Å². The van der Waals surface area contributed by atoms with Crippen molar-refractivity contribution in [1.82, 2.24) is 4.90 Å². The number of hydrogen-bond acceptors (Lipinski definition) is 7. The average molecular weight is 587 g/mol. The molecule has 5 rings (SSSR count). The van der Waals surface area contributed by atoms with E-state index in [2.05, 4.69) is 10.2 Å². The molecule has 0 bridgehead atoms. The van der Waals surface area contributed by atoms with Crippen LogP contribution in [0.25, 0.3) is 17.4 Å². The first-order valence-corrected chi connectivity index (χ1v) is 13.5. The third-order valence-electron chi connectivity index (χ3n) is 6.85. The van der Waals surface area contributed by atoms with E-state index in [1.807, 2.05) is 24.3 Å². The van der Waals surface area contributed by atoms with Gasteiger partial charge in [-0.3, -0.25) is 19.7 Å². The topological polar surface area (TPSA) is 118 Å². The average Bonchev–Trinajstić information content (AvgIpc) is 3.49. The van der Waals surface area contributed by atoms with Gasteiger partial charge in [0.2, 0.25) is 5.91 Å². The number of anilines is 2. The van der Waals surface area contributed by atoms with Gasteiger partial charge in [0.1, 0.15) is 17.3 Å². The van der Waals surface area contributed by atoms with E-state index in [1.165, 1.54) is 25.3 Å². The van der Waals surface area contributed by atoms with Crippen LogP contribution in [0.1, 0.15) is 16.1 Å². The fourth-order valence-electron chi connectivity index (χ4n) is 4.71. The maximum absolute atomic E-state index is 13.1. The molecule has 10 nitrogen and oxygen atoms in total. The lowest BCUT2D eigenvalue weighted by molar-refractivity contribution is -0.384. The number of piperazine rings is 1. The highest BCUT2D eigenvalue weighted by atomic mass is 35.5. The number of amides is 2. The van der Waals surface area contributed by atoms with Gasteiger partial charge in [-0.2, -0.15) is 0 Å². The summed E-state index contributed by atoms with van der Waals surface area (Å²) in [6.07, 6.45) is 2.84. The summed E-state index contributed by atoms with van der Waals surface area (Å²) >= 11 is 6.10. The van der Waals surface area contributed by atoms with Crippen molar-refractivity contribution < 1.29 is 23.7 Å². The van der Waals surface area contributed by atoms with E-state index in [9.17, 15) is 19.7 Å². The quantitative estimate of drug-likeness (QED) is 0.150. The number of benzene rings is 3. The highest BCUT2D eigenvalue weighted by Gasteiger charge is 2.25. The monoisotopic (exact) mass is 586 g/mol. The van der Waals surface area contributed by atoms with Crippen molar-refractivity contribution in [3.63, 3.8) is 0 Å². The molecule has 4 aromatic rings. The van der Waals surface area contributed by atoms with Gasteiger partial charge in [0.15, 0.2) is 0 Å². The Balaban J connectivity index is 1.14. The molecule has 0 aliphatic carbocycles.